The number of aryl methyl sites for hydroxylation is 1. The Morgan fingerprint density at radius 1 is 0.561 bits per heavy atom. The zero-order valence-corrected chi connectivity index (χ0v) is 31.7. The van der Waals surface area contributed by atoms with Crippen molar-refractivity contribution in [3.63, 3.8) is 0 Å². The van der Waals surface area contributed by atoms with E-state index in [4.69, 9.17) is 15.7 Å². The zero-order chi connectivity index (χ0) is 38.3. The second-order valence-corrected chi connectivity index (χ2v) is 14.8. The monoisotopic (exact) mass is 732 g/mol. The van der Waals surface area contributed by atoms with Crippen LogP contribution in [0.2, 0.25) is 0 Å². The molecule has 1 unspecified atom stereocenters. The highest BCUT2D eigenvalue weighted by Gasteiger charge is 2.21. The number of nitrogens with zero attached hydrogens (tertiary/aromatic N) is 3. The van der Waals surface area contributed by atoms with Crippen molar-refractivity contribution in [3.8, 4) is 50.2 Å². The molecule has 0 amide bonds. The normalized spacial score (nSPS) is 14.0. The van der Waals surface area contributed by atoms with Crippen molar-refractivity contribution in [2.75, 3.05) is 0 Å². The molecule has 10 rings (SSSR count). The number of hydrogen-bond donors (Lipinski definition) is 1. The van der Waals surface area contributed by atoms with Crippen molar-refractivity contribution in [1.29, 1.82) is 0 Å². The highest BCUT2D eigenvalue weighted by molar-refractivity contribution is 6.16. The second-order valence-electron chi connectivity index (χ2n) is 14.8. The van der Waals surface area contributed by atoms with E-state index in [2.05, 4.69) is 163 Å². The second kappa shape index (κ2) is 14.4. The molecule has 3 heterocycles. The van der Waals surface area contributed by atoms with Crippen molar-refractivity contribution in [3.05, 3.63) is 206 Å². The summed E-state index contributed by atoms with van der Waals surface area (Å²) in [4.78, 5) is 9.53. The fourth-order valence-corrected chi connectivity index (χ4v) is 8.80. The maximum absolute atomic E-state index is 5.94. The Morgan fingerprint density at radius 3 is 1.82 bits per heavy atom. The summed E-state index contributed by atoms with van der Waals surface area (Å²) in [5.74, 6) is 0.282. The largest absolute Gasteiger partial charge is 0.405 e. The third-order valence-corrected chi connectivity index (χ3v) is 11.5. The van der Waals surface area contributed by atoms with Crippen LogP contribution in [-0.4, -0.2) is 14.5 Å². The smallest absolute Gasteiger partial charge is 0.0538 e. The minimum absolute atomic E-state index is 0.282. The molecular formula is C53H40N4. The van der Waals surface area contributed by atoms with Gasteiger partial charge in [-0.1, -0.05) is 115 Å². The molecule has 0 aliphatic heterocycles. The molecule has 57 heavy (non-hydrogen) atoms. The summed E-state index contributed by atoms with van der Waals surface area (Å²) in [6.45, 7) is 2.16. The van der Waals surface area contributed by atoms with Gasteiger partial charge in [-0.15, -0.1) is 0 Å². The first kappa shape index (κ1) is 34.2. The molecule has 0 bridgehead atoms. The van der Waals surface area contributed by atoms with Crippen LogP contribution < -0.4 is 5.73 Å². The van der Waals surface area contributed by atoms with Gasteiger partial charge in [0.1, 0.15) is 0 Å². The molecule has 1 aliphatic rings. The molecule has 2 N–H and O–H groups in total. The summed E-state index contributed by atoms with van der Waals surface area (Å²) in [5, 5.41) is 6.31. The molecule has 1 aliphatic carbocycles. The lowest BCUT2D eigenvalue weighted by Gasteiger charge is -2.23. The van der Waals surface area contributed by atoms with E-state index >= 15 is 0 Å². The fourth-order valence-electron chi connectivity index (χ4n) is 8.80. The quantitative estimate of drug-likeness (QED) is 0.166. The van der Waals surface area contributed by atoms with E-state index in [1.807, 2.05) is 36.9 Å². The van der Waals surface area contributed by atoms with E-state index in [1.54, 1.807) is 6.20 Å². The fraction of sp³-hybridized carbons (Fsp3) is 0.0566. The minimum Gasteiger partial charge on any atom is -0.405 e. The lowest BCUT2D eigenvalue weighted by molar-refractivity contribution is 0.870. The van der Waals surface area contributed by atoms with Gasteiger partial charge in [0.05, 0.1) is 11.2 Å². The van der Waals surface area contributed by atoms with Gasteiger partial charge in [-0.25, -0.2) is 0 Å². The van der Waals surface area contributed by atoms with Crippen LogP contribution in [0.3, 0.4) is 0 Å². The summed E-state index contributed by atoms with van der Waals surface area (Å²) < 4.78 is 2.27. The van der Waals surface area contributed by atoms with E-state index in [0.29, 0.717) is 0 Å². The summed E-state index contributed by atoms with van der Waals surface area (Å²) in [5.41, 5.74) is 20.7. The Hall–Kier alpha value is -7.30. The van der Waals surface area contributed by atoms with E-state index in [1.165, 1.54) is 49.2 Å². The number of allylic oxidation sites excluding steroid dienone is 4. The van der Waals surface area contributed by atoms with Crippen LogP contribution in [0.1, 0.15) is 29.2 Å². The first-order valence-corrected chi connectivity index (χ1v) is 19.5. The summed E-state index contributed by atoms with van der Waals surface area (Å²) in [6.07, 6.45) is 21.4. The van der Waals surface area contributed by atoms with E-state index in [9.17, 15) is 0 Å². The molecule has 0 saturated carbocycles. The number of hydrogen-bond acceptors (Lipinski definition) is 3. The van der Waals surface area contributed by atoms with Gasteiger partial charge in [-0.3, -0.25) is 9.97 Å². The molecule has 272 valence electrons. The van der Waals surface area contributed by atoms with Crippen LogP contribution in [0.5, 0.6) is 0 Å². The predicted octanol–water partition coefficient (Wildman–Crippen LogP) is 13.2. The van der Waals surface area contributed by atoms with E-state index in [0.717, 1.165) is 56.7 Å². The van der Waals surface area contributed by atoms with E-state index in [-0.39, 0.29) is 5.92 Å². The third-order valence-electron chi connectivity index (χ3n) is 11.5. The molecule has 9 aromatic rings. The van der Waals surface area contributed by atoms with Crippen LogP contribution >= 0.6 is 0 Å². The average Bonchev–Trinajstić information content (AvgIpc) is 3.56. The summed E-state index contributed by atoms with van der Waals surface area (Å²) in [6, 6.07) is 48.2. The first-order valence-electron chi connectivity index (χ1n) is 19.5. The van der Waals surface area contributed by atoms with Gasteiger partial charge in [-0.05, 0) is 123 Å². The maximum atomic E-state index is 5.94. The number of rotatable bonds is 7. The number of para-hydroxylation sites is 1. The third kappa shape index (κ3) is 6.03. The topological polar surface area (TPSA) is 56.7 Å². The molecule has 0 radical (unpaired) electrons. The Bertz CT molecular complexity index is 3060. The molecule has 1 atom stereocenters. The Labute approximate surface area is 332 Å². The van der Waals surface area contributed by atoms with E-state index < -0.39 is 0 Å². The standard InChI is InChI=1S/C53H40N4/c1-35-48-29-39(22-24-51(48)57(50(35)25-26-54)44-17-9-4-10-18-44)41-28-43(34-56-32-41)42-27-40(31-55-33-42)38-21-23-47-49(30-38)53(37-15-7-3-8-16-37)46-20-12-11-19-45(46)52(47)36-13-5-2-6-14-36/h2-15,17-34,37H,16,54H2,1H3/b26-25-. The molecule has 4 heteroatoms. The van der Waals surface area contributed by atoms with Gasteiger partial charge in [0.15, 0.2) is 0 Å². The van der Waals surface area contributed by atoms with Crippen molar-refractivity contribution < 1.29 is 0 Å². The lowest BCUT2D eigenvalue weighted by atomic mass is 9.81. The SMILES string of the molecule is Cc1c(/C=C\N)n(-c2ccccc2)c2ccc(-c3cncc(-c4cncc(-c5ccc6c(-c7ccccc7)c7ccccc7c(C7C=CC=CC7)c6c5)c4)c3)cc12. The van der Waals surface area contributed by atoms with Gasteiger partial charge < -0.3 is 10.3 Å². The van der Waals surface area contributed by atoms with Crippen LogP contribution in [-0.2, 0) is 0 Å². The van der Waals surface area contributed by atoms with Gasteiger partial charge in [0.25, 0.3) is 0 Å². The van der Waals surface area contributed by atoms with Gasteiger partial charge >= 0.3 is 0 Å². The molecular weight excluding hydrogens is 693 g/mol. The Kier molecular flexibility index (Phi) is 8.65. The molecule has 4 nitrogen and oxygen atoms in total. The minimum atomic E-state index is 0.282. The van der Waals surface area contributed by atoms with Crippen LogP contribution in [0, 0.1) is 6.92 Å². The first-order chi connectivity index (χ1) is 28.2. The lowest BCUT2D eigenvalue weighted by Crippen LogP contribution is -2.01. The number of pyridine rings is 2. The van der Waals surface area contributed by atoms with Crippen molar-refractivity contribution in [2.24, 2.45) is 5.73 Å². The van der Waals surface area contributed by atoms with Crippen LogP contribution in [0.4, 0.5) is 0 Å². The zero-order valence-electron chi connectivity index (χ0n) is 31.7. The molecule has 6 aromatic carbocycles. The molecule has 0 fully saturated rings. The highest BCUT2D eigenvalue weighted by atomic mass is 15.0. The number of benzene rings is 6. The predicted molar refractivity (Wildman–Crippen MR) is 239 cm³/mol. The Morgan fingerprint density at radius 2 is 1.16 bits per heavy atom. The highest BCUT2D eigenvalue weighted by Crippen LogP contribution is 2.45. The van der Waals surface area contributed by atoms with Gasteiger partial charge in [-0.2, -0.15) is 0 Å². The van der Waals surface area contributed by atoms with Crippen molar-refractivity contribution >= 4 is 38.5 Å². The molecule has 3 aromatic heterocycles. The summed E-state index contributed by atoms with van der Waals surface area (Å²) in [7, 11) is 0. The summed E-state index contributed by atoms with van der Waals surface area (Å²) >= 11 is 0. The van der Waals surface area contributed by atoms with Crippen LogP contribution in [0.25, 0.3) is 88.7 Å². The van der Waals surface area contributed by atoms with Gasteiger partial charge in [0, 0.05) is 64.0 Å². The van der Waals surface area contributed by atoms with Crippen molar-refractivity contribution in [2.45, 2.75) is 19.3 Å². The number of fused-ring (bicyclic) bond motifs is 3. The molecule has 0 saturated heterocycles. The van der Waals surface area contributed by atoms with Gasteiger partial charge in [0.2, 0.25) is 0 Å². The van der Waals surface area contributed by atoms with Crippen molar-refractivity contribution in [1.82, 2.24) is 14.5 Å². The number of nitrogens with two attached hydrogens (primary N) is 1. The Balaban J connectivity index is 1.07. The number of aromatic nitrogens is 3. The maximum Gasteiger partial charge on any atom is 0.0538 e. The molecule has 0 spiro atoms. The van der Waals surface area contributed by atoms with Crippen LogP contribution in [0.15, 0.2) is 189 Å². The average molecular weight is 733 g/mol.